The molecule has 6 heteroatoms. The van der Waals surface area contributed by atoms with Crippen molar-refractivity contribution in [2.45, 2.75) is 25.3 Å². The highest BCUT2D eigenvalue weighted by molar-refractivity contribution is 9.10. The topological polar surface area (TPSA) is 87.6 Å². The molecule has 1 unspecified atom stereocenters. The van der Waals surface area contributed by atoms with Crippen LogP contribution >= 0.6 is 15.9 Å². The Labute approximate surface area is 121 Å². The van der Waals surface area contributed by atoms with Crippen molar-refractivity contribution >= 4 is 21.8 Å². The monoisotopic (exact) mass is 330 g/mol. The number of benzene rings is 1. The molecular formula is C13H19BrN2O3. The largest absolute Gasteiger partial charge is 0.495 e. The van der Waals surface area contributed by atoms with Gasteiger partial charge in [-0.05, 0) is 40.9 Å². The van der Waals surface area contributed by atoms with Crippen molar-refractivity contribution in [3.05, 3.63) is 22.2 Å². The van der Waals surface area contributed by atoms with Gasteiger partial charge in [0.2, 0.25) is 5.91 Å². The lowest BCUT2D eigenvalue weighted by Crippen LogP contribution is -2.15. The zero-order valence-electron chi connectivity index (χ0n) is 11.1. The molecule has 0 aliphatic carbocycles. The van der Waals surface area contributed by atoms with Gasteiger partial charge < -0.3 is 20.9 Å². The van der Waals surface area contributed by atoms with Crippen LogP contribution in [0, 0.1) is 0 Å². The molecule has 0 aliphatic heterocycles. The molecule has 19 heavy (non-hydrogen) atoms. The molecule has 4 N–H and O–H groups in total. The first-order valence-corrected chi connectivity index (χ1v) is 6.74. The number of carbonyl (C=O) groups is 1. The first-order chi connectivity index (χ1) is 9.01. The van der Waals surface area contributed by atoms with Crippen molar-refractivity contribution in [3.63, 3.8) is 0 Å². The third-order valence-corrected chi connectivity index (χ3v) is 3.60. The van der Waals surface area contributed by atoms with Crippen LogP contribution in [0.2, 0.25) is 0 Å². The zero-order valence-corrected chi connectivity index (χ0v) is 12.7. The third-order valence-electron chi connectivity index (χ3n) is 2.85. The standard InChI is InChI=1S/C13H19BrN2O3/c1-18-10-7-6-8(13(19-2)12(10)14)9(15)4-3-5-11(16)17/h6-7,9H,3-5,15H2,1-2H3,(H2,16,17). The van der Waals surface area contributed by atoms with Gasteiger partial charge in [0.1, 0.15) is 16.0 Å². The zero-order chi connectivity index (χ0) is 14.4. The highest BCUT2D eigenvalue weighted by atomic mass is 79.9. The highest BCUT2D eigenvalue weighted by Gasteiger charge is 2.17. The summed E-state index contributed by atoms with van der Waals surface area (Å²) in [5, 5.41) is 0. The summed E-state index contributed by atoms with van der Waals surface area (Å²) in [5.74, 6) is 1.03. The van der Waals surface area contributed by atoms with Crippen LogP contribution in [0.4, 0.5) is 0 Å². The number of nitrogens with two attached hydrogens (primary N) is 2. The Morgan fingerprint density at radius 1 is 1.37 bits per heavy atom. The molecular weight excluding hydrogens is 312 g/mol. The molecule has 0 aliphatic rings. The van der Waals surface area contributed by atoms with E-state index in [2.05, 4.69) is 15.9 Å². The maximum absolute atomic E-state index is 10.7. The molecule has 1 aromatic rings. The maximum atomic E-state index is 10.7. The van der Waals surface area contributed by atoms with Crippen molar-refractivity contribution in [3.8, 4) is 11.5 Å². The number of amides is 1. The van der Waals surface area contributed by atoms with Gasteiger partial charge in [0.15, 0.2) is 0 Å². The van der Waals surface area contributed by atoms with E-state index >= 15 is 0 Å². The van der Waals surface area contributed by atoms with Crippen molar-refractivity contribution in [1.82, 2.24) is 0 Å². The fraction of sp³-hybridized carbons (Fsp3) is 0.462. The van der Waals surface area contributed by atoms with E-state index in [-0.39, 0.29) is 11.9 Å². The van der Waals surface area contributed by atoms with E-state index in [1.54, 1.807) is 14.2 Å². The number of rotatable bonds is 7. The smallest absolute Gasteiger partial charge is 0.217 e. The Bertz CT molecular complexity index is 452. The maximum Gasteiger partial charge on any atom is 0.217 e. The molecule has 0 saturated heterocycles. The van der Waals surface area contributed by atoms with Crippen LogP contribution in [0.15, 0.2) is 16.6 Å². The lowest BCUT2D eigenvalue weighted by atomic mass is 10.0. The molecule has 1 atom stereocenters. The van der Waals surface area contributed by atoms with Crippen LogP contribution in [0.3, 0.4) is 0 Å². The van der Waals surface area contributed by atoms with Gasteiger partial charge in [-0.25, -0.2) is 0 Å². The van der Waals surface area contributed by atoms with E-state index in [4.69, 9.17) is 20.9 Å². The van der Waals surface area contributed by atoms with Crippen molar-refractivity contribution in [1.29, 1.82) is 0 Å². The Morgan fingerprint density at radius 2 is 2.05 bits per heavy atom. The van der Waals surface area contributed by atoms with Crippen LogP contribution in [-0.4, -0.2) is 20.1 Å². The number of hydrogen-bond donors (Lipinski definition) is 2. The predicted octanol–water partition coefficient (Wildman–Crippen LogP) is 2.12. The fourth-order valence-corrected chi connectivity index (χ4v) is 2.55. The Balaban J connectivity index is 2.87. The molecule has 106 valence electrons. The van der Waals surface area contributed by atoms with Crippen molar-refractivity contribution in [2.75, 3.05) is 14.2 Å². The normalized spacial score (nSPS) is 12.0. The summed E-state index contributed by atoms with van der Waals surface area (Å²) in [5.41, 5.74) is 12.1. The van der Waals surface area contributed by atoms with E-state index in [1.807, 2.05) is 12.1 Å². The van der Waals surface area contributed by atoms with Gasteiger partial charge in [-0.3, -0.25) is 4.79 Å². The minimum atomic E-state index is -0.310. The molecule has 0 heterocycles. The average molecular weight is 331 g/mol. The Hall–Kier alpha value is -1.27. The van der Waals surface area contributed by atoms with E-state index in [0.29, 0.717) is 30.8 Å². The summed E-state index contributed by atoms with van der Waals surface area (Å²) in [4.78, 5) is 10.7. The van der Waals surface area contributed by atoms with Gasteiger partial charge in [-0.1, -0.05) is 0 Å². The second-order valence-electron chi connectivity index (χ2n) is 4.17. The predicted molar refractivity (Wildman–Crippen MR) is 77.2 cm³/mol. The Morgan fingerprint density at radius 3 is 2.58 bits per heavy atom. The van der Waals surface area contributed by atoms with E-state index < -0.39 is 0 Å². The number of methoxy groups -OCH3 is 2. The fourth-order valence-electron chi connectivity index (χ4n) is 1.86. The average Bonchev–Trinajstić information content (AvgIpc) is 2.37. The number of halogens is 1. The van der Waals surface area contributed by atoms with Gasteiger partial charge >= 0.3 is 0 Å². The van der Waals surface area contributed by atoms with Gasteiger partial charge in [-0.2, -0.15) is 0 Å². The van der Waals surface area contributed by atoms with Gasteiger partial charge in [0, 0.05) is 18.0 Å². The lowest BCUT2D eigenvalue weighted by molar-refractivity contribution is -0.118. The second-order valence-corrected chi connectivity index (χ2v) is 4.96. The minimum Gasteiger partial charge on any atom is -0.495 e. The molecule has 0 saturated carbocycles. The third kappa shape index (κ3) is 4.11. The van der Waals surface area contributed by atoms with E-state index in [9.17, 15) is 4.79 Å². The number of hydrogen-bond acceptors (Lipinski definition) is 4. The van der Waals surface area contributed by atoms with Gasteiger partial charge in [0.05, 0.1) is 14.2 Å². The molecule has 0 fully saturated rings. The molecule has 5 nitrogen and oxygen atoms in total. The summed E-state index contributed by atoms with van der Waals surface area (Å²) in [6.45, 7) is 0. The molecule has 1 rings (SSSR count). The molecule has 0 aromatic heterocycles. The Kier molecular flexibility index (Phi) is 6.11. The van der Waals surface area contributed by atoms with E-state index in [1.165, 1.54) is 0 Å². The number of ether oxygens (including phenoxy) is 2. The number of carbonyl (C=O) groups excluding carboxylic acids is 1. The number of primary amides is 1. The van der Waals surface area contributed by atoms with Crippen LogP contribution in [0.1, 0.15) is 30.9 Å². The molecule has 1 amide bonds. The van der Waals surface area contributed by atoms with Crippen LogP contribution < -0.4 is 20.9 Å². The van der Waals surface area contributed by atoms with Crippen LogP contribution in [0.25, 0.3) is 0 Å². The first kappa shape index (κ1) is 15.8. The summed E-state index contributed by atoms with van der Waals surface area (Å²) < 4.78 is 11.3. The lowest BCUT2D eigenvalue weighted by Gasteiger charge is -2.18. The molecule has 0 bridgehead atoms. The summed E-state index contributed by atoms with van der Waals surface area (Å²) in [6, 6.07) is 3.49. The van der Waals surface area contributed by atoms with Crippen molar-refractivity contribution in [2.24, 2.45) is 11.5 Å². The quantitative estimate of drug-likeness (QED) is 0.801. The van der Waals surface area contributed by atoms with E-state index in [0.717, 1.165) is 10.0 Å². The first-order valence-electron chi connectivity index (χ1n) is 5.95. The second kappa shape index (κ2) is 7.35. The molecule has 1 aromatic carbocycles. The SMILES string of the molecule is COc1ccc(C(N)CCCC(N)=O)c(OC)c1Br. The van der Waals surface area contributed by atoms with Gasteiger partial charge in [-0.15, -0.1) is 0 Å². The highest BCUT2D eigenvalue weighted by Crippen LogP contribution is 2.39. The van der Waals surface area contributed by atoms with Gasteiger partial charge in [0.25, 0.3) is 0 Å². The summed E-state index contributed by atoms with van der Waals surface area (Å²) >= 11 is 3.43. The molecule has 0 spiro atoms. The van der Waals surface area contributed by atoms with Crippen molar-refractivity contribution < 1.29 is 14.3 Å². The summed E-state index contributed by atoms with van der Waals surface area (Å²) in [6.07, 6.45) is 1.66. The van der Waals surface area contributed by atoms with Crippen LogP contribution in [-0.2, 0) is 4.79 Å². The summed E-state index contributed by atoms with van der Waals surface area (Å²) in [7, 11) is 3.17. The van der Waals surface area contributed by atoms with Crippen LogP contribution in [0.5, 0.6) is 11.5 Å². The minimum absolute atomic E-state index is 0.212. The molecule has 0 radical (unpaired) electrons.